The first-order valence-corrected chi connectivity index (χ1v) is 12.3. The Balaban J connectivity index is 2.01. The fourth-order valence-electron chi connectivity index (χ4n) is 6.02. The molecule has 4 aromatic rings. The molecule has 0 N–H and O–H groups in total. The molecule has 0 nitrogen and oxygen atoms in total. The Kier molecular flexibility index (Phi) is 5.28. The molecule has 0 amide bonds. The van der Waals surface area contributed by atoms with Crippen LogP contribution in [0.25, 0.3) is 11.1 Å². The van der Waals surface area contributed by atoms with Crippen molar-refractivity contribution in [3.05, 3.63) is 128 Å². The molecule has 0 heterocycles. The number of fused-ring (bicyclic) bond motifs is 3. The number of hydrogen-bond acceptors (Lipinski definition) is 0. The van der Waals surface area contributed by atoms with Gasteiger partial charge in [-0.2, -0.15) is 0 Å². The summed E-state index contributed by atoms with van der Waals surface area (Å²) in [6.07, 6.45) is 2.12. The minimum atomic E-state index is -0.309. The Bertz CT molecular complexity index is 1260. The minimum Gasteiger partial charge on any atom is -0.0617 e. The van der Waals surface area contributed by atoms with Gasteiger partial charge < -0.3 is 0 Å². The number of aryl methyl sites for hydroxylation is 6. The summed E-state index contributed by atoms with van der Waals surface area (Å²) < 4.78 is 0. The molecule has 0 saturated heterocycles. The van der Waals surface area contributed by atoms with Gasteiger partial charge in [-0.3, -0.25) is 0 Å². The Morgan fingerprint density at radius 2 is 0.970 bits per heavy atom. The molecule has 0 aliphatic heterocycles. The van der Waals surface area contributed by atoms with E-state index in [9.17, 15) is 0 Å². The zero-order chi connectivity index (χ0) is 23.3. The van der Waals surface area contributed by atoms with Gasteiger partial charge in [-0.15, -0.1) is 0 Å². The van der Waals surface area contributed by atoms with E-state index in [2.05, 4.69) is 114 Å². The van der Waals surface area contributed by atoms with Crippen LogP contribution in [0.1, 0.15) is 69.5 Å². The second-order valence-corrected chi connectivity index (χ2v) is 9.84. The van der Waals surface area contributed by atoms with E-state index in [-0.39, 0.29) is 5.41 Å². The monoisotopic (exact) mass is 430 g/mol. The van der Waals surface area contributed by atoms with E-state index in [4.69, 9.17) is 0 Å². The van der Waals surface area contributed by atoms with Crippen LogP contribution in [0.2, 0.25) is 0 Å². The highest BCUT2D eigenvalue weighted by atomic mass is 14.5. The Labute approximate surface area is 199 Å². The second kappa shape index (κ2) is 8.03. The highest BCUT2D eigenvalue weighted by molar-refractivity contribution is 5.87. The molecule has 0 radical (unpaired) electrons. The molecule has 5 rings (SSSR count). The van der Waals surface area contributed by atoms with Crippen molar-refractivity contribution in [3.8, 4) is 11.1 Å². The SMILES string of the molecule is CCc1cc2c(cc1C)C(c1cccc(C)c1)(c1cccc(C)c1)c1cc(C)c(CC)cc1-2. The number of rotatable bonds is 4. The molecular weight excluding hydrogens is 396 g/mol. The van der Waals surface area contributed by atoms with Crippen molar-refractivity contribution in [2.45, 2.75) is 59.8 Å². The standard InChI is InChI=1S/C33H34/c1-7-25-19-29-30-20-26(8-2)24(6)18-32(30)33(31(29)17-23(25)5,27-13-9-11-21(3)15-27)28-14-10-12-22(4)16-28/h9-20H,7-8H2,1-6H3. The van der Waals surface area contributed by atoms with Gasteiger partial charge in [0.05, 0.1) is 5.41 Å². The molecule has 1 aliphatic rings. The molecule has 0 spiro atoms. The number of benzene rings is 4. The summed E-state index contributed by atoms with van der Waals surface area (Å²) in [6, 6.07) is 28.3. The van der Waals surface area contributed by atoms with E-state index >= 15 is 0 Å². The highest BCUT2D eigenvalue weighted by Gasteiger charge is 2.46. The van der Waals surface area contributed by atoms with Crippen molar-refractivity contribution in [2.24, 2.45) is 0 Å². The quantitative estimate of drug-likeness (QED) is 0.268. The molecule has 0 aromatic heterocycles. The van der Waals surface area contributed by atoms with E-state index in [1.54, 1.807) is 0 Å². The Morgan fingerprint density at radius 1 is 0.545 bits per heavy atom. The van der Waals surface area contributed by atoms with Gasteiger partial charge in [0.1, 0.15) is 0 Å². The minimum absolute atomic E-state index is 0.309. The van der Waals surface area contributed by atoms with Crippen molar-refractivity contribution in [3.63, 3.8) is 0 Å². The van der Waals surface area contributed by atoms with Crippen LogP contribution in [0.15, 0.2) is 72.8 Å². The van der Waals surface area contributed by atoms with Crippen molar-refractivity contribution in [1.29, 1.82) is 0 Å². The van der Waals surface area contributed by atoms with Crippen LogP contribution >= 0.6 is 0 Å². The van der Waals surface area contributed by atoms with Crippen molar-refractivity contribution < 1.29 is 0 Å². The second-order valence-electron chi connectivity index (χ2n) is 9.84. The van der Waals surface area contributed by atoms with Gasteiger partial charge in [-0.1, -0.05) is 97.8 Å². The normalized spacial score (nSPS) is 13.6. The van der Waals surface area contributed by atoms with Crippen LogP contribution < -0.4 is 0 Å². The maximum atomic E-state index is 2.49. The summed E-state index contributed by atoms with van der Waals surface area (Å²) >= 11 is 0. The number of hydrogen-bond donors (Lipinski definition) is 0. The van der Waals surface area contributed by atoms with Gasteiger partial charge in [0.25, 0.3) is 0 Å². The maximum absolute atomic E-state index is 2.49. The fourth-order valence-corrected chi connectivity index (χ4v) is 6.02. The zero-order valence-corrected chi connectivity index (χ0v) is 20.8. The van der Waals surface area contributed by atoms with Gasteiger partial charge in [-0.05, 0) is 96.2 Å². The smallest absolute Gasteiger partial charge is 0.0617 e. The third-order valence-corrected chi connectivity index (χ3v) is 7.71. The molecule has 1 aliphatic carbocycles. The van der Waals surface area contributed by atoms with Crippen molar-refractivity contribution in [1.82, 2.24) is 0 Å². The molecule has 0 atom stereocenters. The first-order valence-electron chi connectivity index (χ1n) is 12.3. The van der Waals surface area contributed by atoms with E-state index in [0.29, 0.717) is 0 Å². The predicted octanol–water partition coefficient (Wildman–Crippen LogP) is 8.41. The van der Waals surface area contributed by atoms with Crippen molar-refractivity contribution >= 4 is 0 Å². The molecule has 166 valence electrons. The summed E-state index contributed by atoms with van der Waals surface area (Å²) in [5.74, 6) is 0. The average molecular weight is 431 g/mol. The third-order valence-electron chi connectivity index (χ3n) is 7.71. The molecule has 4 aromatic carbocycles. The van der Waals surface area contributed by atoms with E-state index in [1.165, 1.54) is 66.8 Å². The molecule has 33 heavy (non-hydrogen) atoms. The van der Waals surface area contributed by atoms with E-state index < -0.39 is 0 Å². The molecule has 0 unspecified atom stereocenters. The molecule has 0 heteroatoms. The topological polar surface area (TPSA) is 0 Å². The third kappa shape index (κ3) is 3.19. The van der Waals surface area contributed by atoms with Crippen LogP contribution in [0.4, 0.5) is 0 Å². The summed E-state index contributed by atoms with van der Waals surface area (Å²) in [7, 11) is 0. The van der Waals surface area contributed by atoms with Crippen LogP contribution in [-0.2, 0) is 18.3 Å². The van der Waals surface area contributed by atoms with Crippen LogP contribution in [0.3, 0.4) is 0 Å². The molecule has 0 saturated carbocycles. The lowest BCUT2D eigenvalue weighted by atomic mass is 9.66. The lowest BCUT2D eigenvalue weighted by Crippen LogP contribution is -2.29. The van der Waals surface area contributed by atoms with Gasteiger partial charge in [0.2, 0.25) is 0 Å². The summed E-state index contributed by atoms with van der Waals surface area (Å²) in [6.45, 7) is 13.5. The van der Waals surface area contributed by atoms with Gasteiger partial charge >= 0.3 is 0 Å². The zero-order valence-electron chi connectivity index (χ0n) is 20.8. The first-order chi connectivity index (χ1) is 15.9. The first kappa shape index (κ1) is 21.7. The lowest BCUT2D eigenvalue weighted by Gasteiger charge is -2.35. The van der Waals surface area contributed by atoms with Gasteiger partial charge in [0, 0.05) is 0 Å². The molecule has 0 fully saturated rings. The molecular formula is C33H34. The molecule has 0 bridgehead atoms. The Hall–Kier alpha value is -3.12. The maximum Gasteiger partial charge on any atom is 0.0713 e. The van der Waals surface area contributed by atoms with Crippen LogP contribution in [0.5, 0.6) is 0 Å². The van der Waals surface area contributed by atoms with Gasteiger partial charge in [0.15, 0.2) is 0 Å². The summed E-state index contributed by atoms with van der Waals surface area (Å²) in [5, 5.41) is 0. The Morgan fingerprint density at radius 3 is 1.33 bits per heavy atom. The van der Waals surface area contributed by atoms with Crippen molar-refractivity contribution in [2.75, 3.05) is 0 Å². The largest absolute Gasteiger partial charge is 0.0713 e. The van der Waals surface area contributed by atoms with Crippen LogP contribution in [-0.4, -0.2) is 0 Å². The fraction of sp³-hybridized carbons (Fsp3) is 0.273. The predicted molar refractivity (Wildman–Crippen MR) is 141 cm³/mol. The lowest BCUT2D eigenvalue weighted by molar-refractivity contribution is 0.763. The highest BCUT2D eigenvalue weighted by Crippen LogP contribution is 2.57. The van der Waals surface area contributed by atoms with E-state index in [0.717, 1.165) is 12.8 Å². The summed E-state index contributed by atoms with van der Waals surface area (Å²) in [4.78, 5) is 0. The van der Waals surface area contributed by atoms with E-state index in [1.807, 2.05) is 0 Å². The van der Waals surface area contributed by atoms with Gasteiger partial charge in [-0.25, -0.2) is 0 Å². The van der Waals surface area contributed by atoms with Crippen LogP contribution in [0, 0.1) is 27.7 Å². The summed E-state index contributed by atoms with van der Waals surface area (Å²) in [5.41, 5.74) is 16.4. The average Bonchev–Trinajstić information content (AvgIpc) is 3.06.